The Kier molecular flexibility index (Phi) is 3.82. The smallest absolute Gasteiger partial charge is 0.148 e. The quantitative estimate of drug-likeness (QED) is 0.813. The van der Waals surface area contributed by atoms with Gasteiger partial charge in [0.25, 0.3) is 0 Å². The second kappa shape index (κ2) is 5.45. The Labute approximate surface area is 129 Å². The van der Waals surface area contributed by atoms with Crippen molar-refractivity contribution in [3.8, 4) is 0 Å². The Bertz CT molecular complexity index is 677. The van der Waals surface area contributed by atoms with Crippen LogP contribution in [0.15, 0.2) is 34.8 Å². The Hall–Kier alpha value is -0.940. The van der Waals surface area contributed by atoms with Crippen molar-refractivity contribution < 1.29 is 9.13 Å². The maximum absolute atomic E-state index is 14.2. The van der Waals surface area contributed by atoms with E-state index in [1.165, 1.54) is 0 Å². The summed E-state index contributed by atoms with van der Waals surface area (Å²) in [4.78, 5) is 0. The summed E-state index contributed by atoms with van der Waals surface area (Å²) in [5.41, 5.74) is 9.69. The van der Waals surface area contributed by atoms with Crippen LogP contribution >= 0.6 is 27.5 Å². The summed E-state index contributed by atoms with van der Waals surface area (Å²) in [6, 6.07) is 8.68. The lowest BCUT2D eigenvalue weighted by Gasteiger charge is -2.15. The van der Waals surface area contributed by atoms with E-state index >= 15 is 0 Å². The second-order valence-electron chi connectivity index (χ2n) is 4.76. The molecule has 0 radical (unpaired) electrons. The van der Waals surface area contributed by atoms with Gasteiger partial charge in [0.1, 0.15) is 5.82 Å². The minimum absolute atomic E-state index is 0.0578. The third-order valence-corrected chi connectivity index (χ3v) is 4.76. The van der Waals surface area contributed by atoms with Gasteiger partial charge in [0.15, 0.2) is 0 Å². The molecule has 0 bridgehead atoms. The van der Waals surface area contributed by atoms with Crippen molar-refractivity contribution >= 4 is 27.5 Å². The number of benzene rings is 2. The summed E-state index contributed by atoms with van der Waals surface area (Å²) in [5, 5.41) is 0.0578. The minimum Gasteiger partial charge on any atom is -0.372 e. The standard InChI is InChI=1S/C15H12BrClFNO/c16-12-4-3-11(14(18)13(12)17)15(19)8-1-2-9-6-20-7-10(9)5-8/h1-5,15H,6-7,19H2. The highest BCUT2D eigenvalue weighted by Gasteiger charge is 2.19. The molecule has 1 aliphatic rings. The minimum atomic E-state index is -0.550. The van der Waals surface area contributed by atoms with Crippen LogP contribution in [0.1, 0.15) is 28.3 Å². The first-order valence-corrected chi connectivity index (χ1v) is 7.33. The largest absolute Gasteiger partial charge is 0.372 e. The summed E-state index contributed by atoms with van der Waals surface area (Å²) in [5.74, 6) is -0.481. The molecular formula is C15H12BrClFNO. The highest BCUT2D eigenvalue weighted by atomic mass is 79.9. The van der Waals surface area contributed by atoms with Crippen molar-refractivity contribution in [3.05, 3.63) is 67.9 Å². The zero-order chi connectivity index (χ0) is 14.3. The van der Waals surface area contributed by atoms with E-state index in [-0.39, 0.29) is 5.02 Å². The monoisotopic (exact) mass is 355 g/mol. The van der Waals surface area contributed by atoms with Crippen LogP contribution in [0.4, 0.5) is 4.39 Å². The van der Waals surface area contributed by atoms with Gasteiger partial charge in [-0.15, -0.1) is 0 Å². The van der Waals surface area contributed by atoms with Gasteiger partial charge in [-0.1, -0.05) is 35.9 Å². The van der Waals surface area contributed by atoms with Crippen LogP contribution in [0.3, 0.4) is 0 Å². The average Bonchev–Trinajstić information content (AvgIpc) is 2.91. The van der Waals surface area contributed by atoms with Crippen molar-refractivity contribution in [2.75, 3.05) is 0 Å². The van der Waals surface area contributed by atoms with Gasteiger partial charge < -0.3 is 10.5 Å². The van der Waals surface area contributed by atoms with Crippen molar-refractivity contribution in [1.29, 1.82) is 0 Å². The fourth-order valence-corrected chi connectivity index (χ4v) is 2.82. The third kappa shape index (κ3) is 2.37. The van der Waals surface area contributed by atoms with Crippen LogP contribution in [0.2, 0.25) is 5.02 Å². The molecule has 2 aromatic carbocycles. The Morgan fingerprint density at radius 2 is 1.95 bits per heavy atom. The zero-order valence-electron chi connectivity index (χ0n) is 10.5. The predicted molar refractivity (Wildman–Crippen MR) is 80.1 cm³/mol. The van der Waals surface area contributed by atoms with Gasteiger partial charge in [-0.3, -0.25) is 0 Å². The first-order valence-electron chi connectivity index (χ1n) is 6.16. The summed E-state index contributed by atoms with van der Waals surface area (Å²) >= 11 is 9.11. The zero-order valence-corrected chi connectivity index (χ0v) is 12.8. The van der Waals surface area contributed by atoms with Crippen molar-refractivity contribution in [2.24, 2.45) is 5.73 Å². The van der Waals surface area contributed by atoms with Crippen molar-refractivity contribution in [2.45, 2.75) is 19.3 Å². The van der Waals surface area contributed by atoms with Gasteiger partial charge in [-0.05, 0) is 38.7 Å². The van der Waals surface area contributed by atoms with Crippen LogP contribution in [0.5, 0.6) is 0 Å². The van der Waals surface area contributed by atoms with E-state index in [9.17, 15) is 4.39 Å². The predicted octanol–water partition coefficient (Wildman–Crippen LogP) is 4.32. The number of halogens is 3. The molecule has 1 atom stereocenters. The molecule has 2 N–H and O–H groups in total. The number of hydrogen-bond donors (Lipinski definition) is 1. The fraction of sp³-hybridized carbons (Fsp3) is 0.200. The molecule has 0 aromatic heterocycles. The molecular weight excluding hydrogens is 345 g/mol. The Balaban J connectivity index is 2.00. The number of hydrogen-bond acceptors (Lipinski definition) is 2. The highest BCUT2D eigenvalue weighted by Crippen LogP contribution is 2.33. The van der Waals surface area contributed by atoms with E-state index in [2.05, 4.69) is 15.9 Å². The normalized spacial score (nSPS) is 15.2. The Morgan fingerprint density at radius 3 is 2.75 bits per heavy atom. The molecule has 1 heterocycles. The first kappa shape index (κ1) is 14.0. The highest BCUT2D eigenvalue weighted by molar-refractivity contribution is 9.10. The molecule has 0 amide bonds. The van der Waals surface area contributed by atoms with Gasteiger partial charge in [0, 0.05) is 10.0 Å². The van der Waals surface area contributed by atoms with E-state index < -0.39 is 11.9 Å². The van der Waals surface area contributed by atoms with E-state index in [0.717, 1.165) is 16.7 Å². The summed E-state index contributed by atoms with van der Waals surface area (Å²) < 4.78 is 20.1. The van der Waals surface area contributed by atoms with Crippen LogP contribution < -0.4 is 5.73 Å². The van der Waals surface area contributed by atoms with Gasteiger partial charge in [-0.2, -0.15) is 0 Å². The number of fused-ring (bicyclic) bond motifs is 1. The van der Waals surface area contributed by atoms with Gasteiger partial charge in [-0.25, -0.2) is 4.39 Å². The fourth-order valence-electron chi connectivity index (χ4n) is 2.35. The maximum Gasteiger partial charge on any atom is 0.148 e. The molecule has 1 aliphatic heterocycles. The van der Waals surface area contributed by atoms with E-state index in [4.69, 9.17) is 22.1 Å². The molecule has 1 unspecified atom stereocenters. The molecule has 2 nitrogen and oxygen atoms in total. The van der Waals surface area contributed by atoms with Gasteiger partial charge in [0.05, 0.1) is 24.3 Å². The van der Waals surface area contributed by atoms with Crippen molar-refractivity contribution in [1.82, 2.24) is 0 Å². The molecule has 0 fully saturated rings. The lowest BCUT2D eigenvalue weighted by Crippen LogP contribution is -2.14. The average molecular weight is 357 g/mol. The number of rotatable bonds is 2. The van der Waals surface area contributed by atoms with Crippen LogP contribution in [-0.4, -0.2) is 0 Å². The van der Waals surface area contributed by atoms with E-state index in [0.29, 0.717) is 23.2 Å². The van der Waals surface area contributed by atoms with Crippen LogP contribution in [-0.2, 0) is 18.0 Å². The molecule has 104 valence electrons. The first-order chi connectivity index (χ1) is 9.58. The molecule has 0 spiro atoms. The summed E-state index contributed by atoms with van der Waals surface area (Å²) in [6.07, 6.45) is 0. The molecule has 5 heteroatoms. The lowest BCUT2D eigenvalue weighted by atomic mass is 9.96. The SMILES string of the molecule is NC(c1ccc2c(c1)COC2)c1ccc(Br)c(Cl)c1F. The molecule has 3 rings (SSSR count). The number of nitrogens with two attached hydrogens (primary N) is 1. The lowest BCUT2D eigenvalue weighted by molar-refractivity contribution is 0.134. The number of ether oxygens (including phenoxy) is 1. The van der Waals surface area contributed by atoms with E-state index in [1.807, 2.05) is 18.2 Å². The molecule has 0 aliphatic carbocycles. The molecule has 2 aromatic rings. The molecule has 0 saturated heterocycles. The maximum atomic E-state index is 14.2. The van der Waals surface area contributed by atoms with E-state index in [1.54, 1.807) is 12.1 Å². The van der Waals surface area contributed by atoms with Gasteiger partial charge >= 0.3 is 0 Å². The molecule has 20 heavy (non-hydrogen) atoms. The summed E-state index contributed by atoms with van der Waals surface area (Å²) in [6.45, 7) is 1.21. The second-order valence-corrected chi connectivity index (χ2v) is 6.00. The van der Waals surface area contributed by atoms with Crippen molar-refractivity contribution in [3.63, 3.8) is 0 Å². The van der Waals surface area contributed by atoms with Gasteiger partial charge in [0.2, 0.25) is 0 Å². The topological polar surface area (TPSA) is 35.2 Å². The summed E-state index contributed by atoms with van der Waals surface area (Å²) in [7, 11) is 0. The Morgan fingerprint density at radius 1 is 1.20 bits per heavy atom. The molecule has 0 saturated carbocycles. The van der Waals surface area contributed by atoms with Crippen LogP contribution in [0, 0.1) is 5.82 Å². The third-order valence-electron chi connectivity index (χ3n) is 3.50. The van der Waals surface area contributed by atoms with Crippen LogP contribution in [0.25, 0.3) is 0 Å².